The maximum atomic E-state index is 12.9. The van der Waals surface area contributed by atoms with Gasteiger partial charge in [-0.2, -0.15) is 0 Å². The summed E-state index contributed by atoms with van der Waals surface area (Å²) in [5, 5.41) is 2.55. The number of fused-ring (bicyclic) bond motifs is 2. The summed E-state index contributed by atoms with van der Waals surface area (Å²) in [6.45, 7) is 1.05. The van der Waals surface area contributed by atoms with Crippen molar-refractivity contribution < 1.29 is 28.3 Å². The second-order valence-electron chi connectivity index (χ2n) is 6.45. The Morgan fingerprint density at radius 2 is 1.62 bits per heavy atom. The molecule has 0 saturated carbocycles. The lowest BCUT2D eigenvalue weighted by Gasteiger charge is -2.20. The van der Waals surface area contributed by atoms with Crippen molar-refractivity contribution in [2.45, 2.75) is 6.92 Å². The van der Waals surface area contributed by atoms with Crippen LogP contribution in [0.3, 0.4) is 0 Å². The standard InChI is InChI=1S/C22H15NO6/c1-12-13(9-10-28-12)22(27)29-11-18(24)23-17-8-4-7-16-19(17)21(26)15-6-3-2-5-14(15)20(16)25/h2-10H,11H2,1H3,(H,23,24). The van der Waals surface area contributed by atoms with Crippen molar-refractivity contribution in [3.8, 4) is 0 Å². The van der Waals surface area contributed by atoms with Crippen molar-refractivity contribution in [3.05, 3.63) is 88.4 Å². The monoisotopic (exact) mass is 389 g/mol. The van der Waals surface area contributed by atoms with Crippen LogP contribution >= 0.6 is 0 Å². The fraction of sp³-hybridized carbons (Fsp3) is 0.0909. The first-order valence-electron chi connectivity index (χ1n) is 8.80. The molecule has 0 atom stereocenters. The van der Waals surface area contributed by atoms with Gasteiger partial charge >= 0.3 is 5.97 Å². The zero-order valence-corrected chi connectivity index (χ0v) is 15.4. The molecule has 0 spiro atoms. The highest BCUT2D eigenvalue weighted by atomic mass is 16.5. The number of carbonyl (C=O) groups is 4. The van der Waals surface area contributed by atoms with Gasteiger partial charge in [-0.15, -0.1) is 0 Å². The summed E-state index contributed by atoms with van der Waals surface area (Å²) in [5.41, 5.74) is 1.38. The minimum absolute atomic E-state index is 0.126. The van der Waals surface area contributed by atoms with Crippen LogP contribution in [-0.4, -0.2) is 30.0 Å². The molecule has 1 aliphatic rings. The van der Waals surface area contributed by atoms with Gasteiger partial charge in [0.2, 0.25) is 0 Å². The van der Waals surface area contributed by atoms with Gasteiger partial charge in [-0.25, -0.2) is 4.79 Å². The van der Waals surface area contributed by atoms with Crippen molar-refractivity contribution in [1.82, 2.24) is 0 Å². The average Bonchev–Trinajstić information content (AvgIpc) is 3.16. The van der Waals surface area contributed by atoms with Gasteiger partial charge in [0, 0.05) is 16.7 Å². The summed E-state index contributed by atoms with van der Waals surface area (Å²) in [6.07, 6.45) is 1.35. The van der Waals surface area contributed by atoms with Crippen LogP contribution in [0.25, 0.3) is 0 Å². The lowest BCUT2D eigenvalue weighted by atomic mass is 9.83. The molecule has 1 heterocycles. The number of nitrogens with one attached hydrogen (secondary N) is 1. The predicted octanol–water partition coefficient (Wildman–Crippen LogP) is 3.16. The summed E-state index contributed by atoms with van der Waals surface area (Å²) < 4.78 is 10.0. The normalized spacial score (nSPS) is 12.2. The number of hydrogen-bond acceptors (Lipinski definition) is 6. The number of furan rings is 1. The zero-order chi connectivity index (χ0) is 20.5. The van der Waals surface area contributed by atoms with Crippen LogP contribution in [0.2, 0.25) is 0 Å². The molecule has 0 aliphatic heterocycles. The van der Waals surface area contributed by atoms with Crippen molar-refractivity contribution in [2.75, 3.05) is 11.9 Å². The van der Waals surface area contributed by atoms with Gasteiger partial charge in [-0.1, -0.05) is 36.4 Å². The average molecular weight is 389 g/mol. The molecular weight excluding hydrogens is 374 g/mol. The lowest BCUT2D eigenvalue weighted by molar-refractivity contribution is -0.119. The van der Waals surface area contributed by atoms with Gasteiger partial charge in [0.1, 0.15) is 11.3 Å². The van der Waals surface area contributed by atoms with Crippen LogP contribution < -0.4 is 5.32 Å². The van der Waals surface area contributed by atoms with Gasteiger partial charge in [0.15, 0.2) is 18.2 Å². The Balaban J connectivity index is 1.54. The van der Waals surface area contributed by atoms with Crippen LogP contribution in [0, 0.1) is 6.92 Å². The Morgan fingerprint density at radius 3 is 2.31 bits per heavy atom. The smallest absolute Gasteiger partial charge is 0.342 e. The first kappa shape index (κ1) is 18.4. The summed E-state index contributed by atoms with van der Waals surface area (Å²) >= 11 is 0. The van der Waals surface area contributed by atoms with Gasteiger partial charge in [-0.3, -0.25) is 14.4 Å². The Bertz CT molecular complexity index is 1170. The van der Waals surface area contributed by atoms with E-state index < -0.39 is 18.5 Å². The number of carbonyl (C=O) groups excluding carboxylic acids is 4. The van der Waals surface area contributed by atoms with E-state index in [1.165, 1.54) is 18.4 Å². The van der Waals surface area contributed by atoms with Crippen molar-refractivity contribution in [3.63, 3.8) is 0 Å². The van der Waals surface area contributed by atoms with E-state index in [1.807, 2.05) is 0 Å². The van der Waals surface area contributed by atoms with Crippen molar-refractivity contribution in [2.24, 2.45) is 0 Å². The number of amides is 1. The molecule has 2 aromatic carbocycles. The number of ketones is 2. The second-order valence-corrected chi connectivity index (χ2v) is 6.45. The lowest BCUT2D eigenvalue weighted by Crippen LogP contribution is -2.26. The minimum Gasteiger partial charge on any atom is -0.469 e. The summed E-state index contributed by atoms with van der Waals surface area (Å²) in [6, 6.07) is 12.6. The largest absolute Gasteiger partial charge is 0.469 e. The van der Waals surface area contributed by atoms with Gasteiger partial charge in [0.05, 0.1) is 17.5 Å². The van der Waals surface area contributed by atoms with Crippen molar-refractivity contribution >= 4 is 29.1 Å². The third-order valence-corrected chi connectivity index (χ3v) is 4.64. The Hall–Kier alpha value is -4.00. The van der Waals surface area contributed by atoms with E-state index in [4.69, 9.17) is 9.15 Å². The van der Waals surface area contributed by atoms with Crippen molar-refractivity contribution in [1.29, 1.82) is 0 Å². The third kappa shape index (κ3) is 3.23. The van der Waals surface area contributed by atoms with E-state index in [9.17, 15) is 19.2 Å². The molecule has 1 amide bonds. The molecule has 0 saturated heterocycles. The van der Waals surface area contributed by atoms with Gasteiger partial charge in [-0.05, 0) is 19.1 Å². The Kier molecular flexibility index (Phi) is 4.56. The number of rotatable bonds is 4. The highest BCUT2D eigenvalue weighted by Crippen LogP contribution is 2.31. The van der Waals surface area contributed by atoms with Gasteiger partial charge < -0.3 is 14.5 Å². The molecule has 1 aliphatic carbocycles. The second kappa shape index (κ2) is 7.20. The van der Waals surface area contributed by atoms with E-state index >= 15 is 0 Å². The van der Waals surface area contributed by atoms with E-state index in [0.717, 1.165) is 0 Å². The van der Waals surface area contributed by atoms with Crippen LogP contribution in [0.15, 0.2) is 59.2 Å². The SMILES string of the molecule is Cc1occc1C(=O)OCC(=O)Nc1cccc2c1C(=O)c1ccccc1C2=O. The first-order chi connectivity index (χ1) is 14.0. The molecule has 1 N–H and O–H groups in total. The molecule has 7 nitrogen and oxygen atoms in total. The minimum atomic E-state index is -0.693. The predicted molar refractivity (Wildman–Crippen MR) is 102 cm³/mol. The maximum Gasteiger partial charge on any atom is 0.342 e. The number of aryl methyl sites for hydroxylation is 1. The molecule has 3 aromatic rings. The topological polar surface area (TPSA) is 103 Å². The molecule has 4 rings (SSSR count). The summed E-state index contributed by atoms with van der Waals surface area (Å²) in [7, 11) is 0. The number of esters is 1. The number of benzene rings is 2. The van der Waals surface area contributed by atoms with Crippen LogP contribution in [0.4, 0.5) is 5.69 Å². The maximum absolute atomic E-state index is 12.9. The quantitative estimate of drug-likeness (QED) is 0.538. The molecule has 0 radical (unpaired) electrons. The molecule has 0 bridgehead atoms. The Morgan fingerprint density at radius 1 is 0.931 bits per heavy atom. The molecule has 0 fully saturated rings. The highest BCUT2D eigenvalue weighted by Gasteiger charge is 2.31. The molecule has 0 unspecified atom stereocenters. The summed E-state index contributed by atoms with van der Waals surface area (Å²) in [4.78, 5) is 49.9. The van der Waals surface area contributed by atoms with E-state index in [1.54, 1.807) is 43.3 Å². The molecule has 1 aromatic heterocycles. The highest BCUT2D eigenvalue weighted by molar-refractivity contribution is 6.30. The van der Waals surface area contributed by atoms with Crippen LogP contribution in [0.1, 0.15) is 48.0 Å². The van der Waals surface area contributed by atoms with E-state index in [0.29, 0.717) is 11.3 Å². The fourth-order valence-corrected chi connectivity index (χ4v) is 3.24. The third-order valence-electron chi connectivity index (χ3n) is 4.64. The van der Waals surface area contributed by atoms with Crippen LogP contribution in [0.5, 0.6) is 0 Å². The van der Waals surface area contributed by atoms with Gasteiger partial charge in [0.25, 0.3) is 5.91 Å². The van der Waals surface area contributed by atoms with E-state index in [2.05, 4.69) is 5.32 Å². The number of ether oxygens (including phenoxy) is 1. The van der Waals surface area contributed by atoms with Crippen LogP contribution in [-0.2, 0) is 9.53 Å². The molecule has 7 heteroatoms. The molecule has 29 heavy (non-hydrogen) atoms. The number of anilines is 1. The fourth-order valence-electron chi connectivity index (χ4n) is 3.24. The molecular formula is C22H15NO6. The molecule has 144 valence electrons. The first-order valence-corrected chi connectivity index (χ1v) is 8.80. The summed E-state index contributed by atoms with van der Waals surface area (Å²) in [5.74, 6) is -1.57. The zero-order valence-electron chi connectivity index (χ0n) is 15.4. The Labute approximate surface area is 165 Å². The number of hydrogen-bond donors (Lipinski definition) is 1. The van der Waals surface area contributed by atoms with E-state index in [-0.39, 0.29) is 39.5 Å².